The summed E-state index contributed by atoms with van der Waals surface area (Å²) in [5, 5.41) is 42.1. The van der Waals surface area contributed by atoms with E-state index in [2.05, 4.69) is 49.1 Å². The molecule has 4 aliphatic rings. The smallest absolute Gasteiger partial charge is 0.252 e. The van der Waals surface area contributed by atoms with Crippen LogP contribution in [0, 0.1) is 30.6 Å². The van der Waals surface area contributed by atoms with Crippen LogP contribution in [0.2, 0.25) is 0 Å². The van der Waals surface area contributed by atoms with E-state index in [1.165, 1.54) is 9.80 Å². The first-order chi connectivity index (χ1) is 34.5. The second-order valence-corrected chi connectivity index (χ2v) is 19.4. The van der Waals surface area contributed by atoms with E-state index >= 15 is 0 Å². The Morgan fingerprint density at radius 3 is 1.57 bits per heavy atom. The normalized spacial score (nSPS) is 23.7. The summed E-state index contributed by atoms with van der Waals surface area (Å²) < 4.78 is 0. The van der Waals surface area contributed by atoms with E-state index in [0.29, 0.717) is 12.8 Å². The number of likely N-dealkylation sites (N-methyl/N-ethyl adjacent to an activating group) is 2. The van der Waals surface area contributed by atoms with Crippen LogP contribution in [0.25, 0.3) is 0 Å². The van der Waals surface area contributed by atoms with Crippen molar-refractivity contribution in [1.29, 1.82) is 0 Å². The molecule has 2 saturated heterocycles. The maximum Gasteiger partial charge on any atom is 0.252 e. The third-order valence-corrected chi connectivity index (χ3v) is 14.5. The van der Waals surface area contributed by atoms with Crippen LogP contribution < -0.4 is 37.2 Å². The Morgan fingerprint density at radius 1 is 0.639 bits per heavy atom. The largest absolute Gasteiger partial charge is 0.382 e. The molecule has 2 fully saturated rings. The Kier molecular flexibility index (Phi) is 19.1. The van der Waals surface area contributed by atoms with Crippen molar-refractivity contribution in [1.82, 2.24) is 47.0 Å². The number of aryl methyl sites for hydroxylation is 2. The molecule has 2 aromatic rings. The van der Waals surface area contributed by atoms with Gasteiger partial charge in [-0.2, -0.15) is 0 Å². The molecular formula is C53H69N9O10. The summed E-state index contributed by atoms with van der Waals surface area (Å²) in [6, 6.07) is 7.86. The van der Waals surface area contributed by atoms with Gasteiger partial charge >= 0.3 is 0 Å². The summed E-state index contributed by atoms with van der Waals surface area (Å²) in [5.74, 6) is -1.27. The summed E-state index contributed by atoms with van der Waals surface area (Å²) in [6.45, 7) is 2.82. The van der Waals surface area contributed by atoms with Crippen molar-refractivity contribution < 1.29 is 48.6 Å². The Labute approximate surface area is 421 Å². The van der Waals surface area contributed by atoms with Crippen molar-refractivity contribution in [3.63, 3.8) is 0 Å². The zero-order valence-corrected chi connectivity index (χ0v) is 41.4. The first kappa shape index (κ1) is 54.7. The minimum absolute atomic E-state index is 0.0207. The average molecular weight is 992 g/mol. The van der Waals surface area contributed by atoms with Gasteiger partial charge in [0, 0.05) is 38.4 Å². The number of likely N-dealkylation sites (tertiary alicyclic amines) is 2. The molecule has 6 rings (SSSR count). The van der Waals surface area contributed by atoms with Gasteiger partial charge in [-0.15, -0.1) is 24.7 Å². The highest BCUT2D eigenvalue weighted by molar-refractivity contribution is 5.96. The highest BCUT2D eigenvalue weighted by atomic mass is 16.3. The molecule has 9 N–H and O–H groups in total. The average Bonchev–Trinajstić information content (AvgIpc) is 4.01. The fourth-order valence-electron chi connectivity index (χ4n) is 10.2. The van der Waals surface area contributed by atoms with E-state index in [1.807, 2.05) is 48.5 Å². The quantitative estimate of drug-likeness (QED) is 0.0768. The Bertz CT molecular complexity index is 2270. The molecule has 12 atom stereocenters. The molecule has 0 radical (unpaired) electrons. The lowest BCUT2D eigenvalue weighted by atomic mass is 9.87. The zero-order chi connectivity index (χ0) is 52.2. The molecular weight excluding hydrogens is 923 g/mol. The van der Waals surface area contributed by atoms with Crippen LogP contribution in [-0.2, 0) is 51.2 Å². The monoisotopic (exact) mass is 992 g/mol. The third kappa shape index (κ3) is 13.1. The number of hydrogen-bond donors (Lipinski definition) is 9. The van der Waals surface area contributed by atoms with E-state index in [9.17, 15) is 48.6 Å². The fraction of sp³-hybridized carbons (Fsp3) is 0.547. The van der Waals surface area contributed by atoms with Crippen LogP contribution in [0.1, 0.15) is 106 Å². The Hall–Kier alpha value is -6.64. The molecule has 2 aromatic carbocycles. The van der Waals surface area contributed by atoms with Crippen molar-refractivity contribution in [3.05, 3.63) is 70.8 Å². The molecule has 0 bridgehead atoms. The number of amides is 7. The summed E-state index contributed by atoms with van der Waals surface area (Å²) in [5.41, 5.74) is 4.11. The molecule has 19 heteroatoms. The summed E-state index contributed by atoms with van der Waals surface area (Å²) >= 11 is 0. The third-order valence-electron chi connectivity index (χ3n) is 14.5. The molecule has 2 aliphatic heterocycles. The maximum atomic E-state index is 14.3. The number of rotatable bonds is 20. The van der Waals surface area contributed by atoms with Crippen LogP contribution in [0.4, 0.5) is 0 Å². The topological polar surface area (TPSA) is 268 Å². The van der Waals surface area contributed by atoms with Crippen molar-refractivity contribution in [3.8, 4) is 24.7 Å². The number of carbonyl (C=O) groups is 8. The molecule has 19 nitrogen and oxygen atoms in total. The van der Waals surface area contributed by atoms with Gasteiger partial charge < -0.3 is 57.2 Å². The number of terminal acetylenes is 2. The predicted octanol–water partition coefficient (Wildman–Crippen LogP) is -0.410. The number of aliphatic hydroxyl groups excluding tert-OH is 2. The molecule has 0 saturated carbocycles. The van der Waals surface area contributed by atoms with Gasteiger partial charge in [-0.3, -0.25) is 38.4 Å². The number of nitrogens with one attached hydrogen (secondary N) is 7. The lowest BCUT2D eigenvalue weighted by molar-refractivity contribution is -0.145. The van der Waals surface area contributed by atoms with E-state index < -0.39 is 114 Å². The number of ketones is 1. The van der Waals surface area contributed by atoms with Crippen molar-refractivity contribution in [2.45, 2.75) is 151 Å². The van der Waals surface area contributed by atoms with Gasteiger partial charge in [-0.1, -0.05) is 48.5 Å². The Morgan fingerprint density at radius 2 is 1.10 bits per heavy atom. The van der Waals surface area contributed by atoms with Crippen molar-refractivity contribution in [2.24, 2.45) is 5.92 Å². The standard InChI is InChI=1S/C53H69N9O10/c1-7-15-40(59-47(66)30(3)54-5)52(71)61-28-32(25-42(61)49(68)57-38-23-13-19-33-17-9-11-21-36(33)38)26-44(63)45(64)46(65)51(70)56-35-27-43(50(69)58-39-24-14-20-34-18-10-12-22-37(34)39)62(29-35)53(72)41(16-8-2)60-48(67)31(4)55-6/h1-2,9-12,17-18,21-22,30-32,35,38-43,45-46,54-55,64-65H,13-16,19-20,23-29H2,3-6H3,(H,56,70)(H,57,68)(H,58,69)(H,59,66)(H,60,67)/t30-,31-,32+,35-,38+,39+,40-,41-,42-,43-,45-,46+/m0/s1. The highest BCUT2D eigenvalue weighted by Crippen LogP contribution is 2.34. The van der Waals surface area contributed by atoms with Gasteiger partial charge in [0.25, 0.3) is 5.91 Å². The minimum atomic E-state index is -2.29. The predicted molar refractivity (Wildman–Crippen MR) is 266 cm³/mol. The first-order valence-electron chi connectivity index (χ1n) is 24.9. The maximum absolute atomic E-state index is 14.3. The number of benzene rings is 2. The highest BCUT2D eigenvalue weighted by Gasteiger charge is 2.47. The summed E-state index contributed by atoms with van der Waals surface area (Å²) in [4.78, 5) is 113. The van der Waals surface area contributed by atoms with E-state index in [0.717, 1.165) is 47.9 Å². The number of aliphatic hydroxyl groups is 2. The van der Waals surface area contributed by atoms with Gasteiger partial charge in [0.05, 0.1) is 24.2 Å². The first-order valence-corrected chi connectivity index (χ1v) is 24.9. The van der Waals surface area contributed by atoms with Crippen LogP contribution in [0.15, 0.2) is 48.5 Å². The number of Topliss-reactive ketones (excluding diaryl/α,β-unsaturated/α-hetero) is 1. The molecule has 386 valence electrons. The molecule has 2 aliphatic carbocycles. The van der Waals surface area contributed by atoms with Crippen LogP contribution in [0.3, 0.4) is 0 Å². The molecule has 2 heterocycles. The SMILES string of the molecule is C#CC[C@H](NC(=O)[C@H](C)NC)C(=O)N1C[C@@H](CC(=O)[C@H](O)[C@@H](O)C(=O)N[C@H]2C[C@@H](C(=O)N[C@@H]3CCCc4ccccc43)N(C(=O)[C@H](CC#C)NC(=O)[C@H](C)NC)C2)C[C@H]1C(=O)N[C@@H]1CCCc2ccccc21. The molecule has 0 aromatic heterocycles. The van der Waals surface area contributed by atoms with Gasteiger partial charge in [0.2, 0.25) is 35.4 Å². The zero-order valence-electron chi connectivity index (χ0n) is 41.4. The van der Waals surface area contributed by atoms with Crippen LogP contribution in [-0.4, -0.2) is 149 Å². The Balaban J connectivity index is 1.16. The van der Waals surface area contributed by atoms with Crippen molar-refractivity contribution >= 4 is 47.1 Å². The lowest BCUT2D eigenvalue weighted by Crippen LogP contribution is -2.56. The lowest BCUT2D eigenvalue weighted by Gasteiger charge is -2.31. The number of nitrogens with zero attached hydrogens (tertiary/aromatic N) is 2. The van der Waals surface area contributed by atoms with E-state index in [4.69, 9.17) is 12.8 Å². The second-order valence-electron chi connectivity index (χ2n) is 19.4. The molecule has 0 spiro atoms. The minimum Gasteiger partial charge on any atom is -0.382 e. The molecule has 72 heavy (non-hydrogen) atoms. The number of fused-ring (bicyclic) bond motifs is 2. The summed E-state index contributed by atoms with van der Waals surface area (Å²) in [6.07, 6.45) is 10.4. The van der Waals surface area contributed by atoms with E-state index in [1.54, 1.807) is 27.9 Å². The van der Waals surface area contributed by atoms with Crippen LogP contribution >= 0.6 is 0 Å². The summed E-state index contributed by atoms with van der Waals surface area (Å²) in [7, 11) is 3.16. The molecule has 7 amide bonds. The van der Waals surface area contributed by atoms with Gasteiger partial charge in [0.15, 0.2) is 11.9 Å². The second kappa shape index (κ2) is 25.1. The van der Waals surface area contributed by atoms with E-state index in [-0.39, 0.29) is 50.9 Å². The number of carbonyl (C=O) groups excluding carboxylic acids is 8. The number of hydrogen-bond acceptors (Lipinski definition) is 12. The molecule has 0 unspecified atom stereocenters. The van der Waals surface area contributed by atoms with Crippen LogP contribution in [0.5, 0.6) is 0 Å². The van der Waals surface area contributed by atoms with Gasteiger partial charge in [-0.25, -0.2) is 0 Å². The van der Waals surface area contributed by atoms with Gasteiger partial charge in [0.1, 0.15) is 30.3 Å². The van der Waals surface area contributed by atoms with Gasteiger partial charge in [-0.05, 0) is 107 Å². The van der Waals surface area contributed by atoms with Crippen molar-refractivity contribution in [2.75, 3.05) is 27.2 Å². The fourth-order valence-corrected chi connectivity index (χ4v) is 10.2.